The fourth-order valence-electron chi connectivity index (χ4n) is 8.81. The third-order valence-corrected chi connectivity index (χ3v) is 11.6. The van der Waals surface area contributed by atoms with E-state index in [1.165, 1.54) is 11.1 Å². The second-order valence-electron chi connectivity index (χ2n) is 13.3. The van der Waals surface area contributed by atoms with Gasteiger partial charge in [-0.1, -0.05) is 59.8 Å². The van der Waals surface area contributed by atoms with Gasteiger partial charge < -0.3 is 20.4 Å². The lowest BCUT2D eigenvalue weighted by atomic mass is 9.43. The molecular formula is C30H46O5. The fraction of sp³-hybridized carbons (Fsp3) is 0.767. The number of carboxylic acid groups (broad SMARTS) is 1. The summed E-state index contributed by atoms with van der Waals surface area (Å²) in [5.74, 6) is -0.255. The standard InChI is InChI=1S/C30H46O5/c1-17(9-8-10-18(2)26(34)35)20-15-24(32)29(6)19-11-12-22-27(3,4)23(31)13-14-28(22,5)21(19)16-25(33)30(20,29)7/h10-11,16-17,20,22-25,31-33H,8-9,12-15H2,1-7H3,(H,34,35)/b18-10+/t17-,20-,22+,23-,24+,25-,28-,29-,30+/m1/s1. The van der Waals surface area contributed by atoms with E-state index in [9.17, 15) is 20.1 Å². The van der Waals surface area contributed by atoms with Crippen LogP contribution < -0.4 is 0 Å². The smallest absolute Gasteiger partial charge is 0.330 e. The van der Waals surface area contributed by atoms with Crippen molar-refractivity contribution in [3.8, 4) is 0 Å². The van der Waals surface area contributed by atoms with Crippen LogP contribution in [0.5, 0.6) is 0 Å². The Kier molecular flexibility index (Phi) is 6.51. The van der Waals surface area contributed by atoms with Gasteiger partial charge in [0.1, 0.15) is 0 Å². The van der Waals surface area contributed by atoms with Gasteiger partial charge in [-0.15, -0.1) is 0 Å². The maximum Gasteiger partial charge on any atom is 0.330 e. The highest BCUT2D eigenvalue weighted by Crippen LogP contribution is 2.71. The van der Waals surface area contributed by atoms with E-state index in [1.54, 1.807) is 13.0 Å². The lowest BCUT2D eigenvalue weighted by molar-refractivity contribution is -0.132. The molecule has 0 amide bonds. The van der Waals surface area contributed by atoms with Gasteiger partial charge in [-0.2, -0.15) is 0 Å². The van der Waals surface area contributed by atoms with E-state index in [0.717, 1.165) is 25.7 Å². The molecule has 196 valence electrons. The van der Waals surface area contributed by atoms with Gasteiger partial charge in [0.2, 0.25) is 0 Å². The Morgan fingerprint density at radius 3 is 2.40 bits per heavy atom. The van der Waals surface area contributed by atoms with Crippen LogP contribution in [0.3, 0.4) is 0 Å². The molecule has 2 fully saturated rings. The Labute approximate surface area is 211 Å². The van der Waals surface area contributed by atoms with E-state index in [2.05, 4.69) is 53.7 Å². The third kappa shape index (κ3) is 3.55. The molecule has 4 N–H and O–H groups in total. The summed E-state index contributed by atoms with van der Waals surface area (Å²) in [5, 5.41) is 43.4. The summed E-state index contributed by atoms with van der Waals surface area (Å²) < 4.78 is 0. The molecule has 0 heterocycles. The quantitative estimate of drug-likeness (QED) is 0.397. The van der Waals surface area contributed by atoms with Crippen LogP contribution in [0.1, 0.15) is 87.0 Å². The molecule has 0 bridgehead atoms. The Balaban J connectivity index is 1.71. The van der Waals surface area contributed by atoms with Crippen LogP contribution >= 0.6 is 0 Å². The number of carboxylic acids is 1. The van der Waals surface area contributed by atoms with Gasteiger partial charge in [0.05, 0.1) is 18.3 Å². The summed E-state index contributed by atoms with van der Waals surface area (Å²) in [6, 6.07) is 0. The molecule has 0 spiro atoms. The summed E-state index contributed by atoms with van der Waals surface area (Å²) in [7, 11) is 0. The monoisotopic (exact) mass is 486 g/mol. The summed E-state index contributed by atoms with van der Waals surface area (Å²) in [6.07, 6.45) is 9.29. The minimum absolute atomic E-state index is 0.116. The summed E-state index contributed by atoms with van der Waals surface area (Å²) in [4.78, 5) is 11.2. The average Bonchev–Trinajstić information content (AvgIpc) is 3.00. The van der Waals surface area contributed by atoms with Crippen molar-refractivity contribution in [3.63, 3.8) is 0 Å². The normalized spacial score (nSPS) is 45.5. The van der Waals surface area contributed by atoms with Crippen molar-refractivity contribution in [2.75, 3.05) is 0 Å². The van der Waals surface area contributed by atoms with E-state index in [1.807, 2.05) is 0 Å². The Hall–Kier alpha value is -1.43. The zero-order chi connectivity index (χ0) is 26.1. The number of fused-ring (bicyclic) bond motifs is 5. The van der Waals surface area contributed by atoms with Crippen LogP contribution in [-0.2, 0) is 4.79 Å². The van der Waals surface area contributed by atoms with Crippen LogP contribution in [0, 0.1) is 39.4 Å². The Morgan fingerprint density at radius 2 is 1.77 bits per heavy atom. The number of hydrogen-bond acceptors (Lipinski definition) is 4. The van der Waals surface area contributed by atoms with E-state index >= 15 is 0 Å². The Morgan fingerprint density at radius 1 is 1.11 bits per heavy atom. The highest BCUT2D eigenvalue weighted by molar-refractivity contribution is 5.85. The zero-order valence-electron chi connectivity index (χ0n) is 22.6. The van der Waals surface area contributed by atoms with E-state index in [0.29, 0.717) is 18.4 Å². The van der Waals surface area contributed by atoms with Gasteiger partial charge in [-0.3, -0.25) is 0 Å². The molecule has 0 aromatic heterocycles. The largest absolute Gasteiger partial charge is 0.478 e. The second-order valence-corrected chi connectivity index (χ2v) is 13.3. The molecule has 2 saturated carbocycles. The molecule has 0 radical (unpaired) electrons. The maximum absolute atomic E-state index is 11.8. The lowest BCUT2D eigenvalue weighted by Gasteiger charge is -2.62. The second kappa shape index (κ2) is 8.56. The van der Waals surface area contributed by atoms with Gasteiger partial charge in [0, 0.05) is 16.4 Å². The fourth-order valence-corrected chi connectivity index (χ4v) is 8.81. The summed E-state index contributed by atoms with van der Waals surface area (Å²) >= 11 is 0. The molecule has 0 unspecified atom stereocenters. The number of aliphatic carboxylic acids is 1. The molecule has 0 aromatic carbocycles. The minimum atomic E-state index is -0.886. The molecule has 35 heavy (non-hydrogen) atoms. The Bertz CT molecular complexity index is 975. The molecule has 5 heteroatoms. The number of aliphatic hydroxyl groups is 3. The first-order valence-corrected chi connectivity index (χ1v) is 13.5. The number of aliphatic hydroxyl groups excluding tert-OH is 3. The van der Waals surface area contributed by atoms with Crippen molar-refractivity contribution >= 4 is 5.97 Å². The van der Waals surface area contributed by atoms with Gasteiger partial charge in [-0.25, -0.2) is 4.79 Å². The molecule has 0 aromatic rings. The van der Waals surface area contributed by atoms with Gasteiger partial charge in [0.25, 0.3) is 0 Å². The molecule has 4 aliphatic rings. The van der Waals surface area contributed by atoms with Crippen LogP contribution in [0.25, 0.3) is 0 Å². The summed E-state index contributed by atoms with van der Waals surface area (Å²) in [6.45, 7) is 14.8. The van der Waals surface area contributed by atoms with E-state index < -0.39 is 29.0 Å². The molecule has 0 saturated heterocycles. The van der Waals surface area contributed by atoms with Gasteiger partial charge in [0.15, 0.2) is 0 Å². The van der Waals surface area contributed by atoms with Crippen molar-refractivity contribution < 1.29 is 25.2 Å². The molecule has 4 rings (SSSR count). The van der Waals surface area contributed by atoms with Crippen molar-refractivity contribution in [1.82, 2.24) is 0 Å². The van der Waals surface area contributed by atoms with Crippen LogP contribution in [0.4, 0.5) is 0 Å². The van der Waals surface area contributed by atoms with Crippen molar-refractivity contribution in [3.05, 3.63) is 34.9 Å². The SMILES string of the molecule is C/C(=C\CC[C@@H](C)[C@H]1C[C@H](O)[C@@]2(C)C3=CC[C@H]4C(C)(C)[C@H](O)CC[C@]4(C)C3=C[C@@H](O)[C@]12C)C(=O)O. The first kappa shape index (κ1) is 26.6. The third-order valence-electron chi connectivity index (χ3n) is 11.6. The number of rotatable bonds is 5. The predicted molar refractivity (Wildman–Crippen MR) is 138 cm³/mol. The average molecular weight is 487 g/mol. The van der Waals surface area contributed by atoms with Crippen molar-refractivity contribution in [1.29, 1.82) is 0 Å². The van der Waals surface area contributed by atoms with Crippen LogP contribution in [0.2, 0.25) is 0 Å². The number of allylic oxidation sites excluding steroid dienone is 3. The van der Waals surface area contributed by atoms with E-state index in [4.69, 9.17) is 5.11 Å². The van der Waals surface area contributed by atoms with Crippen molar-refractivity contribution in [2.45, 2.75) is 105 Å². The maximum atomic E-state index is 11.8. The first-order chi connectivity index (χ1) is 16.1. The molecular weight excluding hydrogens is 440 g/mol. The van der Waals surface area contributed by atoms with Crippen molar-refractivity contribution in [2.24, 2.45) is 39.4 Å². The summed E-state index contributed by atoms with van der Waals surface area (Å²) in [5.41, 5.74) is 1.33. The zero-order valence-corrected chi connectivity index (χ0v) is 22.6. The molecule has 9 atom stereocenters. The number of carbonyl (C=O) groups is 1. The molecule has 5 nitrogen and oxygen atoms in total. The first-order valence-electron chi connectivity index (χ1n) is 13.5. The lowest BCUT2D eigenvalue weighted by Crippen LogP contribution is -2.58. The van der Waals surface area contributed by atoms with E-state index in [-0.39, 0.29) is 34.7 Å². The topological polar surface area (TPSA) is 98.0 Å². The van der Waals surface area contributed by atoms with Gasteiger partial charge >= 0.3 is 5.97 Å². The van der Waals surface area contributed by atoms with Crippen LogP contribution in [0.15, 0.2) is 34.9 Å². The molecule has 0 aliphatic heterocycles. The highest BCUT2D eigenvalue weighted by atomic mass is 16.4. The minimum Gasteiger partial charge on any atom is -0.478 e. The predicted octanol–water partition coefficient (Wildman–Crippen LogP) is 5.26. The highest BCUT2D eigenvalue weighted by Gasteiger charge is 2.68. The number of hydrogen-bond donors (Lipinski definition) is 4. The van der Waals surface area contributed by atoms with Crippen LogP contribution in [-0.4, -0.2) is 44.7 Å². The molecule has 4 aliphatic carbocycles. The van der Waals surface area contributed by atoms with Gasteiger partial charge in [-0.05, 0) is 85.2 Å².